The van der Waals surface area contributed by atoms with Crippen molar-refractivity contribution in [3.05, 3.63) is 120 Å². The van der Waals surface area contributed by atoms with E-state index < -0.39 is 0 Å². The number of para-hydroxylation sites is 2. The van der Waals surface area contributed by atoms with Gasteiger partial charge >= 0.3 is 0 Å². The summed E-state index contributed by atoms with van der Waals surface area (Å²) in [6, 6.07) is 33.3. The average Bonchev–Trinajstić information content (AvgIpc) is 3.19. The maximum atomic E-state index is 9.54. The minimum absolute atomic E-state index is 0.169. The second-order valence-electron chi connectivity index (χ2n) is 11.9. The molecule has 0 saturated heterocycles. The Morgan fingerprint density at radius 2 is 0.836 bits per heavy atom. The highest BCUT2D eigenvalue weighted by atomic mass is 16.3. The number of phenols is 2. The number of hydrogen-bond acceptors (Lipinski definition) is 17. The molecule has 0 fully saturated rings. The molecule has 0 aliphatic heterocycles. The average molecular weight is 740 g/mol. The van der Waals surface area contributed by atoms with E-state index in [1.54, 1.807) is 24.3 Å². The van der Waals surface area contributed by atoms with Crippen LogP contribution >= 0.6 is 0 Å². The van der Waals surface area contributed by atoms with Crippen LogP contribution in [0.4, 0.5) is 47.1 Å². The lowest BCUT2D eigenvalue weighted by Crippen LogP contribution is -2.20. The van der Waals surface area contributed by atoms with Gasteiger partial charge in [0.1, 0.15) is 11.5 Å². The molecule has 0 bridgehead atoms. The molecule has 0 aliphatic carbocycles. The molecule has 0 unspecified atom stereocenters. The Kier molecular flexibility index (Phi) is 13.8. The normalized spacial score (nSPS) is 11.2. The van der Waals surface area contributed by atoms with Crippen molar-refractivity contribution in [2.45, 2.75) is 12.8 Å². The third-order valence-electron chi connectivity index (χ3n) is 7.67. The van der Waals surface area contributed by atoms with Gasteiger partial charge in [0.15, 0.2) is 0 Å². The fourth-order valence-corrected chi connectivity index (χ4v) is 4.96. The van der Waals surface area contributed by atoms with Crippen LogP contribution < -0.4 is 26.6 Å². The van der Waals surface area contributed by atoms with Crippen molar-refractivity contribution in [3.63, 3.8) is 0 Å². The molecule has 0 aliphatic rings. The first kappa shape index (κ1) is 37.6. The summed E-state index contributed by atoms with van der Waals surface area (Å²) in [6.07, 6.45) is 1.41. The number of aromatic hydroxyl groups is 2. The van der Waals surface area contributed by atoms with Gasteiger partial charge in [0, 0.05) is 37.6 Å². The van der Waals surface area contributed by atoms with Gasteiger partial charge in [0.05, 0.1) is 13.1 Å². The van der Waals surface area contributed by atoms with Gasteiger partial charge in [-0.05, 0) is 72.5 Å². The largest absolute Gasteiger partial charge is 0.508 e. The lowest BCUT2D eigenvalue weighted by atomic mass is 10.1. The predicted molar refractivity (Wildman–Crippen MR) is 211 cm³/mol. The molecule has 2 aromatic heterocycles. The van der Waals surface area contributed by atoms with Gasteiger partial charge in [-0.2, -0.15) is 40.1 Å². The van der Waals surface area contributed by atoms with E-state index in [0.717, 1.165) is 22.5 Å². The Hall–Kier alpha value is -7.14. The topological polar surface area (TPSA) is 227 Å². The van der Waals surface area contributed by atoms with Crippen molar-refractivity contribution in [2.24, 2.45) is 20.5 Å². The number of nitrogens with one attached hydrogen (secondary N) is 5. The molecule has 6 rings (SSSR count). The van der Waals surface area contributed by atoms with E-state index in [0.29, 0.717) is 75.9 Å². The summed E-state index contributed by atoms with van der Waals surface area (Å²) in [7, 11) is 0. The minimum Gasteiger partial charge on any atom is -0.508 e. The third-order valence-corrected chi connectivity index (χ3v) is 7.67. The van der Waals surface area contributed by atoms with E-state index in [1.165, 1.54) is 0 Å². The monoisotopic (exact) mass is 739 g/mol. The Labute approximate surface area is 317 Å². The number of anilines is 6. The second-order valence-corrected chi connectivity index (χ2v) is 11.9. The number of rotatable bonds is 20. The standard InChI is InChI=1S/C38H41N15O2/c54-31-15-11-27(12-16-31)19-21-40-33-46-35(44-29-7-3-1-4-8-29)50-37(48-33)52-42-25-23-39-24-26-43-53-38-49-34(41-22-20-28-13-17-32(55)18-14-28)47-36(51-38)45-30-9-5-2-6-10-30/h1-18,39,54-55H,19-26H2,(H2,40,44,46,48,50)(H2,41,45,47,49,51)/b52-42+,53-43+. The molecule has 4 aromatic carbocycles. The first-order chi connectivity index (χ1) is 27.0. The first-order valence-electron chi connectivity index (χ1n) is 17.7. The molecule has 280 valence electrons. The highest BCUT2D eigenvalue weighted by Crippen LogP contribution is 2.19. The van der Waals surface area contributed by atoms with Crippen LogP contribution in [0, 0.1) is 0 Å². The predicted octanol–water partition coefficient (Wildman–Crippen LogP) is 6.72. The molecule has 0 radical (unpaired) electrons. The summed E-state index contributed by atoms with van der Waals surface area (Å²) < 4.78 is 0. The third kappa shape index (κ3) is 13.1. The minimum atomic E-state index is 0.169. The zero-order valence-electron chi connectivity index (χ0n) is 29.9. The van der Waals surface area contributed by atoms with Crippen LogP contribution in [0.3, 0.4) is 0 Å². The van der Waals surface area contributed by atoms with E-state index in [-0.39, 0.29) is 23.4 Å². The van der Waals surface area contributed by atoms with Gasteiger partial charge in [-0.1, -0.05) is 60.7 Å². The number of aromatic nitrogens is 6. The lowest BCUT2D eigenvalue weighted by Gasteiger charge is -2.09. The van der Waals surface area contributed by atoms with Crippen molar-refractivity contribution in [2.75, 3.05) is 60.5 Å². The quantitative estimate of drug-likeness (QED) is 0.0319. The van der Waals surface area contributed by atoms with Crippen LogP contribution in [-0.4, -0.2) is 79.4 Å². The van der Waals surface area contributed by atoms with Gasteiger partial charge in [-0.15, -0.1) is 10.2 Å². The molecule has 0 amide bonds. The molecule has 0 atom stereocenters. The van der Waals surface area contributed by atoms with Crippen molar-refractivity contribution in [1.29, 1.82) is 0 Å². The van der Waals surface area contributed by atoms with Crippen molar-refractivity contribution in [1.82, 2.24) is 35.2 Å². The molecule has 6 aromatic rings. The van der Waals surface area contributed by atoms with Crippen molar-refractivity contribution in [3.8, 4) is 11.5 Å². The number of phenolic OH excluding ortho intramolecular Hbond substituents is 2. The van der Waals surface area contributed by atoms with Crippen LogP contribution in [0.15, 0.2) is 130 Å². The molecule has 17 heteroatoms. The Morgan fingerprint density at radius 3 is 1.25 bits per heavy atom. The summed E-state index contributed by atoms with van der Waals surface area (Å²) in [5.41, 5.74) is 3.78. The number of benzene rings is 4. The SMILES string of the molecule is Oc1ccc(CCNc2nc(/N=N/CCNCC/N=N/c3nc(NCCc4ccc(O)cc4)nc(Nc4ccccc4)n3)nc(Nc3ccccc3)n2)cc1. The summed E-state index contributed by atoms with van der Waals surface area (Å²) in [6.45, 7) is 2.99. The summed E-state index contributed by atoms with van der Waals surface area (Å²) in [5, 5.41) is 52.2. The van der Waals surface area contributed by atoms with Gasteiger partial charge in [-0.25, -0.2) is 0 Å². The summed E-state index contributed by atoms with van der Waals surface area (Å²) in [4.78, 5) is 26.7. The highest BCUT2D eigenvalue weighted by Gasteiger charge is 2.09. The van der Waals surface area contributed by atoms with E-state index in [9.17, 15) is 10.2 Å². The van der Waals surface area contributed by atoms with Crippen LogP contribution in [-0.2, 0) is 12.8 Å². The van der Waals surface area contributed by atoms with E-state index in [1.807, 2.05) is 84.9 Å². The Balaban J connectivity index is 0.985. The van der Waals surface area contributed by atoms with Gasteiger partial charge in [-0.3, -0.25) is 0 Å². The molecule has 2 heterocycles. The van der Waals surface area contributed by atoms with Crippen molar-refractivity contribution >= 4 is 47.1 Å². The number of hydrogen-bond donors (Lipinski definition) is 7. The van der Waals surface area contributed by atoms with Gasteiger partial charge in [0.25, 0.3) is 11.9 Å². The van der Waals surface area contributed by atoms with Gasteiger partial charge < -0.3 is 36.8 Å². The first-order valence-corrected chi connectivity index (χ1v) is 17.7. The van der Waals surface area contributed by atoms with Gasteiger partial charge in [0.2, 0.25) is 23.8 Å². The van der Waals surface area contributed by atoms with E-state index in [2.05, 4.69) is 76.9 Å². The van der Waals surface area contributed by atoms with Crippen LogP contribution in [0.5, 0.6) is 11.5 Å². The molecule has 7 N–H and O–H groups in total. The molecular weight excluding hydrogens is 699 g/mol. The van der Waals surface area contributed by atoms with Crippen LogP contribution in [0.1, 0.15) is 11.1 Å². The molecule has 0 spiro atoms. The molecule has 17 nitrogen and oxygen atoms in total. The van der Waals surface area contributed by atoms with Crippen molar-refractivity contribution < 1.29 is 10.2 Å². The number of nitrogens with zero attached hydrogens (tertiary/aromatic N) is 10. The molecule has 0 saturated carbocycles. The van der Waals surface area contributed by atoms with Crippen LogP contribution in [0.25, 0.3) is 0 Å². The maximum Gasteiger partial charge on any atom is 0.275 e. The van der Waals surface area contributed by atoms with E-state index >= 15 is 0 Å². The van der Waals surface area contributed by atoms with Crippen LogP contribution in [0.2, 0.25) is 0 Å². The summed E-state index contributed by atoms with van der Waals surface area (Å²) in [5.74, 6) is 2.19. The molecule has 55 heavy (non-hydrogen) atoms. The fraction of sp³-hybridized carbons (Fsp3) is 0.211. The smallest absolute Gasteiger partial charge is 0.275 e. The van der Waals surface area contributed by atoms with E-state index in [4.69, 9.17) is 0 Å². The zero-order valence-corrected chi connectivity index (χ0v) is 29.9. The Bertz CT molecular complexity index is 1970. The fourth-order valence-electron chi connectivity index (χ4n) is 4.96. The lowest BCUT2D eigenvalue weighted by molar-refractivity contribution is 0.474. The maximum absolute atomic E-state index is 9.54. The molecular formula is C38H41N15O2. The number of azo groups is 2. The zero-order chi connectivity index (χ0) is 37.9. The summed E-state index contributed by atoms with van der Waals surface area (Å²) >= 11 is 0. The second kappa shape index (κ2) is 20.2. The highest BCUT2D eigenvalue weighted by molar-refractivity contribution is 5.56. The Morgan fingerprint density at radius 1 is 0.436 bits per heavy atom.